The van der Waals surface area contributed by atoms with E-state index in [9.17, 15) is 19.7 Å². The van der Waals surface area contributed by atoms with Crippen LogP contribution in [-0.4, -0.2) is 39.9 Å². The lowest BCUT2D eigenvalue weighted by Crippen LogP contribution is -2.41. The van der Waals surface area contributed by atoms with E-state index in [-0.39, 0.29) is 22.4 Å². The highest BCUT2D eigenvalue weighted by atomic mass is 35.5. The Balaban J connectivity index is 1.79. The number of nitrogens with two attached hydrogens (primary N) is 1. The first-order chi connectivity index (χ1) is 13.3. The first-order valence-corrected chi connectivity index (χ1v) is 8.17. The van der Waals surface area contributed by atoms with Crippen LogP contribution in [0.4, 0.5) is 17.3 Å². The molecule has 0 aliphatic rings. The van der Waals surface area contributed by atoms with Crippen molar-refractivity contribution >= 4 is 52.3 Å². The number of rotatable bonds is 8. The van der Waals surface area contributed by atoms with Crippen LogP contribution < -0.4 is 26.6 Å². The predicted molar refractivity (Wildman–Crippen MR) is 99.8 cm³/mol. The Morgan fingerprint density at radius 3 is 2.68 bits per heavy atom. The number of anilines is 2. The lowest BCUT2D eigenvalue weighted by molar-refractivity contribution is -0.383. The number of aromatic nitrogens is 2. The molecule has 0 atom stereocenters. The first-order valence-electron chi connectivity index (χ1n) is 7.42. The lowest BCUT2D eigenvalue weighted by atomic mass is 10.3. The third-order valence-electron chi connectivity index (χ3n) is 3.05. The zero-order valence-corrected chi connectivity index (χ0v) is 15.5. The number of halogens is 2. The molecule has 28 heavy (non-hydrogen) atoms. The largest absolute Gasteiger partial charge is 0.482 e. The van der Waals surface area contributed by atoms with E-state index in [0.29, 0.717) is 5.02 Å². The molecule has 0 bridgehead atoms. The van der Waals surface area contributed by atoms with E-state index in [2.05, 4.69) is 26.1 Å². The molecular weight excluding hydrogens is 417 g/mol. The molecule has 0 unspecified atom stereocenters. The van der Waals surface area contributed by atoms with E-state index < -0.39 is 35.6 Å². The quantitative estimate of drug-likeness (QED) is 0.350. The number of carbonyl (C=O) groups excluding carboxylic acids is 2. The van der Waals surface area contributed by atoms with E-state index in [1.165, 1.54) is 12.1 Å². The molecule has 14 heteroatoms. The van der Waals surface area contributed by atoms with Gasteiger partial charge >= 0.3 is 5.69 Å². The summed E-state index contributed by atoms with van der Waals surface area (Å²) in [5.74, 6) is -1.73. The van der Waals surface area contributed by atoms with Crippen molar-refractivity contribution in [3.8, 4) is 5.75 Å². The standard InChI is InChI=1S/C14H13Cl2N7O5/c15-7-1-2-9(8(16)3-7)28-5-11(25)18-4-10(24)21-22-14-12(23(26)27)13(17)19-6-20-14/h1-3,6H,4-5H2,(H,18,25)(H,21,24)(H3,17,19,20,22). The smallest absolute Gasteiger partial charge is 0.354 e. The Bertz CT molecular complexity index is 912. The fraction of sp³-hybridized carbons (Fsp3) is 0.143. The summed E-state index contributed by atoms with van der Waals surface area (Å²) in [4.78, 5) is 40.7. The average molecular weight is 430 g/mol. The maximum atomic E-state index is 11.7. The van der Waals surface area contributed by atoms with Crippen LogP contribution in [0, 0.1) is 10.1 Å². The topological polar surface area (TPSA) is 174 Å². The molecule has 2 aromatic rings. The van der Waals surface area contributed by atoms with Gasteiger partial charge in [-0.05, 0) is 18.2 Å². The van der Waals surface area contributed by atoms with Gasteiger partial charge in [0.2, 0.25) is 11.6 Å². The van der Waals surface area contributed by atoms with Crippen LogP contribution in [0.25, 0.3) is 0 Å². The van der Waals surface area contributed by atoms with Crippen molar-refractivity contribution in [2.24, 2.45) is 0 Å². The second-order valence-electron chi connectivity index (χ2n) is 5.03. The highest BCUT2D eigenvalue weighted by molar-refractivity contribution is 6.35. The number of benzene rings is 1. The zero-order chi connectivity index (χ0) is 20.7. The minimum Gasteiger partial charge on any atom is -0.482 e. The van der Waals surface area contributed by atoms with Gasteiger partial charge in [0.05, 0.1) is 16.5 Å². The second kappa shape index (κ2) is 9.53. The van der Waals surface area contributed by atoms with Gasteiger partial charge < -0.3 is 15.8 Å². The van der Waals surface area contributed by atoms with Gasteiger partial charge in [0.25, 0.3) is 11.8 Å². The number of carbonyl (C=O) groups is 2. The molecule has 0 radical (unpaired) electrons. The SMILES string of the molecule is Nc1ncnc(NNC(=O)CNC(=O)COc2ccc(Cl)cc2Cl)c1[N+](=O)[O-]. The van der Waals surface area contributed by atoms with Gasteiger partial charge in [0.15, 0.2) is 6.61 Å². The fourth-order valence-corrected chi connectivity index (χ4v) is 2.27. The Kier molecular flexibility index (Phi) is 7.12. The number of hydrogen-bond acceptors (Lipinski definition) is 9. The van der Waals surface area contributed by atoms with Crippen molar-refractivity contribution in [1.82, 2.24) is 20.7 Å². The number of nitro groups is 1. The minimum absolute atomic E-state index is 0.230. The zero-order valence-electron chi connectivity index (χ0n) is 13.9. The van der Waals surface area contributed by atoms with Crippen LogP contribution in [-0.2, 0) is 9.59 Å². The predicted octanol–water partition coefficient (Wildman–Crippen LogP) is 0.912. The number of nitrogens with zero attached hydrogens (tertiary/aromatic N) is 3. The Hall–Kier alpha value is -3.38. The summed E-state index contributed by atoms with van der Waals surface area (Å²) in [7, 11) is 0. The average Bonchev–Trinajstić information content (AvgIpc) is 2.63. The van der Waals surface area contributed by atoms with Crippen LogP contribution in [0.3, 0.4) is 0 Å². The number of hydrogen-bond donors (Lipinski definition) is 4. The third-order valence-corrected chi connectivity index (χ3v) is 3.58. The van der Waals surface area contributed by atoms with Crippen LogP contribution in [0.15, 0.2) is 24.5 Å². The third kappa shape index (κ3) is 5.82. The molecule has 12 nitrogen and oxygen atoms in total. The molecule has 5 N–H and O–H groups in total. The number of ether oxygens (including phenoxy) is 1. The molecule has 0 saturated carbocycles. The minimum atomic E-state index is -0.801. The van der Waals surface area contributed by atoms with Crippen molar-refractivity contribution in [2.45, 2.75) is 0 Å². The maximum Gasteiger partial charge on any atom is 0.354 e. The van der Waals surface area contributed by atoms with Crippen molar-refractivity contribution in [1.29, 1.82) is 0 Å². The van der Waals surface area contributed by atoms with Crippen molar-refractivity contribution in [3.05, 3.63) is 44.7 Å². The molecule has 2 amide bonds. The summed E-state index contributed by atoms with van der Waals surface area (Å²) in [6, 6.07) is 4.49. The first kappa shape index (κ1) is 20.9. The molecule has 0 aliphatic carbocycles. The molecule has 2 rings (SSSR count). The lowest BCUT2D eigenvalue weighted by Gasteiger charge is -2.10. The maximum absolute atomic E-state index is 11.7. The molecule has 148 valence electrons. The molecule has 1 heterocycles. The van der Waals surface area contributed by atoms with Gasteiger partial charge in [-0.25, -0.2) is 9.97 Å². The Morgan fingerprint density at radius 1 is 1.25 bits per heavy atom. The molecule has 1 aromatic heterocycles. The fourth-order valence-electron chi connectivity index (χ4n) is 1.80. The number of hydrazine groups is 1. The van der Waals surface area contributed by atoms with Gasteiger partial charge in [-0.2, -0.15) is 0 Å². The van der Waals surface area contributed by atoms with E-state index >= 15 is 0 Å². The van der Waals surface area contributed by atoms with Gasteiger partial charge in [-0.3, -0.25) is 30.6 Å². The molecule has 0 saturated heterocycles. The van der Waals surface area contributed by atoms with E-state index in [4.69, 9.17) is 33.7 Å². The van der Waals surface area contributed by atoms with Gasteiger partial charge in [-0.15, -0.1) is 0 Å². The van der Waals surface area contributed by atoms with Crippen LogP contribution >= 0.6 is 23.2 Å². The highest BCUT2D eigenvalue weighted by Gasteiger charge is 2.21. The monoisotopic (exact) mass is 429 g/mol. The van der Waals surface area contributed by atoms with Crippen molar-refractivity contribution in [3.63, 3.8) is 0 Å². The van der Waals surface area contributed by atoms with E-state index in [1.807, 2.05) is 0 Å². The summed E-state index contributed by atoms with van der Waals surface area (Å²) >= 11 is 11.7. The molecule has 0 spiro atoms. The van der Waals surface area contributed by atoms with Crippen LogP contribution in [0.5, 0.6) is 5.75 Å². The molecule has 0 aliphatic heterocycles. The van der Waals surface area contributed by atoms with E-state index in [0.717, 1.165) is 6.33 Å². The summed E-state index contributed by atoms with van der Waals surface area (Å²) in [5.41, 5.74) is 9.18. The highest BCUT2D eigenvalue weighted by Crippen LogP contribution is 2.27. The van der Waals surface area contributed by atoms with Crippen LogP contribution in [0.1, 0.15) is 0 Å². The normalized spacial score (nSPS) is 10.1. The Labute approximate surface area is 167 Å². The van der Waals surface area contributed by atoms with Gasteiger partial charge in [-0.1, -0.05) is 23.2 Å². The summed E-state index contributed by atoms with van der Waals surface area (Å²) < 4.78 is 5.21. The Morgan fingerprint density at radius 2 is 2.00 bits per heavy atom. The number of nitrogens with one attached hydrogen (secondary N) is 3. The van der Waals surface area contributed by atoms with Crippen molar-refractivity contribution in [2.75, 3.05) is 24.3 Å². The van der Waals surface area contributed by atoms with Gasteiger partial charge in [0.1, 0.15) is 12.1 Å². The second-order valence-corrected chi connectivity index (χ2v) is 5.87. The molecule has 1 aromatic carbocycles. The molecule has 0 fully saturated rings. The van der Waals surface area contributed by atoms with Crippen LogP contribution in [0.2, 0.25) is 10.0 Å². The summed E-state index contributed by atoms with van der Waals surface area (Å²) in [6.45, 7) is -0.826. The summed E-state index contributed by atoms with van der Waals surface area (Å²) in [5, 5.41) is 13.9. The molecular formula is C14H13Cl2N7O5. The summed E-state index contributed by atoms with van der Waals surface area (Å²) in [6.07, 6.45) is 0.984. The number of amides is 2. The number of nitrogen functional groups attached to an aromatic ring is 1. The van der Waals surface area contributed by atoms with Gasteiger partial charge in [0, 0.05) is 5.02 Å². The van der Waals surface area contributed by atoms with Crippen molar-refractivity contribution < 1.29 is 19.2 Å². The van der Waals surface area contributed by atoms with E-state index in [1.54, 1.807) is 6.07 Å².